The quantitative estimate of drug-likeness (QED) is 0.841. The molecule has 20 heavy (non-hydrogen) atoms. The van der Waals surface area contributed by atoms with E-state index in [1.165, 1.54) is 6.20 Å². The minimum atomic E-state index is -2.52. The summed E-state index contributed by atoms with van der Waals surface area (Å²) >= 11 is 5.97. The third-order valence-corrected chi connectivity index (χ3v) is 4.82. The third-order valence-electron chi connectivity index (χ3n) is 4.48. The first-order chi connectivity index (χ1) is 9.44. The van der Waals surface area contributed by atoms with Crippen molar-refractivity contribution in [2.45, 2.75) is 31.6 Å². The molecule has 1 amide bonds. The van der Waals surface area contributed by atoms with Gasteiger partial charge in [0.15, 0.2) is 0 Å². The maximum absolute atomic E-state index is 13.3. The van der Waals surface area contributed by atoms with Gasteiger partial charge in [0.05, 0.1) is 11.4 Å². The SMILES string of the molecule is O=C(Cc1ccncc1Cl)N1CCC2(CC1)CC2(F)F. The van der Waals surface area contributed by atoms with E-state index in [1.807, 2.05) is 0 Å². The van der Waals surface area contributed by atoms with Crippen LogP contribution < -0.4 is 0 Å². The first-order valence-electron chi connectivity index (χ1n) is 6.68. The zero-order valence-electron chi connectivity index (χ0n) is 10.9. The lowest BCUT2D eigenvalue weighted by Crippen LogP contribution is -2.41. The number of amides is 1. The van der Waals surface area contributed by atoms with E-state index in [1.54, 1.807) is 17.2 Å². The first kappa shape index (κ1) is 13.7. The maximum Gasteiger partial charge on any atom is 0.254 e. The van der Waals surface area contributed by atoms with E-state index >= 15 is 0 Å². The number of carbonyl (C=O) groups is 1. The average Bonchev–Trinajstić information content (AvgIpc) is 2.93. The summed E-state index contributed by atoms with van der Waals surface area (Å²) in [7, 11) is 0. The Morgan fingerprint density at radius 1 is 1.40 bits per heavy atom. The number of aromatic nitrogens is 1. The number of halogens is 3. The lowest BCUT2D eigenvalue weighted by Gasteiger charge is -2.32. The molecule has 3 rings (SSSR count). The van der Waals surface area contributed by atoms with Gasteiger partial charge in [-0.2, -0.15) is 0 Å². The van der Waals surface area contributed by atoms with Gasteiger partial charge in [0.1, 0.15) is 0 Å². The highest BCUT2D eigenvalue weighted by Gasteiger charge is 2.70. The highest BCUT2D eigenvalue weighted by Crippen LogP contribution is 2.65. The highest BCUT2D eigenvalue weighted by molar-refractivity contribution is 6.31. The minimum absolute atomic E-state index is 0.0157. The van der Waals surface area contributed by atoms with Crippen LogP contribution in [-0.2, 0) is 11.2 Å². The van der Waals surface area contributed by atoms with Crippen molar-refractivity contribution >= 4 is 17.5 Å². The maximum atomic E-state index is 13.3. The summed E-state index contributed by atoms with van der Waals surface area (Å²) < 4.78 is 26.5. The van der Waals surface area contributed by atoms with Gasteiger partial charge in [0.2, 0.25) is 5.91 Å². The van der Waals surface area contributed by atoms with Crippen molar-refractivity contribution in [1.29, 1.82) is 0 Å². The van der Waals surface area contributed by atoms with Crippen LogP contribution in [0.5, 0.6) is 0 Å². The molecule has 108 valence electrons. The Balaban J connectivity index is 1.59. The molecule has 1 aliphatic heterocycles. The summed E-state index contributed by atoms with van der Waals surface area (Å²) in [6.07, 6.45) is 4.07. The van der Waals surface area contributed by atoms with E-state index in [0.717, 1.165) is 5.56 Å². The van der Waals surface area contributed by atoms with Gasteiger partial charge in [-0.3, -0.25) is 9.78 Å². The van der Waals surface area contributed by atoms with E-state index in [0.29, 0.717) is 31.0 Å². The number of rotatable bonds is 2. The number of hydrogen-bond donors (Lipinski definition) is 0. The molecule has 0 unspecified atom stereocenters. The second-order valence-corrected chi connectivity index (χ2v) is 6.09. The molecule has 0 radical (unpaired) electrons. The fraction of sp³-hybridized carbons (Fsp3) is 0.571. The van der Waals surface area contributed by atoms with E-state index < -0.39 is 11.3 Å². The van der Waals surface area contributed by atoms with E-state index in [4.69, 9.17) is 11.6 Å². The highest BCUT2D eigenvalue weighted by atomic mass is 35.5. The topological polar surface area (TPSA) is 33.2 Å². The van der Waals surface area contributed by atoms with Crippen molar-refractivity contribution in [3.63, 3.8) is 0 Å². The molecule has 0 bridgehead atoms. The van der Waals surface area contributed by atoms with Crippen LogP contribution in [-0.4, -0.2) is 34.8 Å². The van der Waals surface area contributed by atoms with E-state index in [9.17, 15) is 13.6 Å². The normalized spacial score (nSPS) is 22.9. The van der Waals surface area contributed by atoms with Gasteiger partial charge < -0.3 is 4.90 Å². The molecule has 2 aliphatic rings. The first-order valence-corrected chi connectivity index (χ1v) is 7.05. The predicted octanol–water partition coefficient (Wildman–Crippen LogP) is 2.93. The molecular weight excluding hydrogens is 286 g/mol. The molecule has 1 aromatic heterocycles. The summed E-state index contributed by atoms with van der Waals surface area (Å²) in [5.41, 5.74) is -0.0957. The van der Waals surface area contributed by atoms with Crippen LogP contribution in [0.15, 0.2) is 18.5 Å². The van der Waals surface area contributed by atoms with Crippen LogP contribution in [0.25, 0.3) is 0 Å². The number of hydrogen-bond acceptors (Lipinski definition) is 2. The van der Waals surface area contributed by atoms with Crippen molar-refractivity contribution in [3.05, 3.63) is 29.0 Å². The summed E-state index contributed by atoms with van der Waals surface area (Å²) in [5.74, 6) is -2.58. The molecule has 2 heterocycles. The molecule has 2 fully saturated rings. The van der Waals surface area contributed by atoms with E-state index in [2.05, 4.69) is 4.98 Å². The van der Waals surface area contributed by atoms with Gasteiger partial charge in [-0.25, -0.2) is 8.78 Å². The minimum Gasteiger partial charge on any atom is -0.342 e. The van der Waals surface area contributed by atoms with Gasteiger partial charge in [-0.1, -0.05) is 11.6 Å². The number of nitrogens with zero attached hydrogens (tertiary/aromatic N) is 2. The molecule has 1 saturated heterocycles. The Bertz CT molecular complexity index is 542. The molecule has 1 aliphatic carbocycles. The predicted molar refractivity (Wildman–Crippen MR) is 70.8 cm³/mol. The van der Waals surface area contributed by atoms with Gasteiger partial charge in [-0.15, -0.1) is 0 Å². The Morgan fingerprint density at radius 2 is 2.05 bits per heavy atom. The van der Waals surface area contributed by atoms with Gasteiger partial charge in [-0.05, 0) is 24.5 Å². The van der Waals surface area contributed by atoms with Crippen LogP contribution in [0.4, 0.5) is 8.78 Å². The van der Waals surface area contributed by atoms with Crippen LogP contribution in [0.1, 0.15) is 24.8 Å². The molecule has 0 atom stereocenters. The van der Waals surface area contributed by atoms with Crippen LogP contribution in [0.2, 0.25) is 5.02 Å². The molecule has 1 spiro atoms. The zero-order valence-corrected chi connectivity index (χ0v) is 11.7. The molecule has 0 N–H and O–H groups in total. The standard InChI is InChI=1S/C14H15ClF2N2O/c15-11-8-18-4-1-10(11)7-12(20)19-5-2-13(3-6-19)9-14(13,16)17/h1,4,8H,2-3,5-7,9H2. The van der Waals surface area contributed by atoms with Crippen molar-refractivity contribution in [2.75, 3.05) is 13.1 Å². The lowest BCUT2D eigenvalue weighted by molar-refractivity contribution is -0.132. The van der Waals surface area contributed by atoms with Crippen LogP contribution in [0.3, 0.4) is 0 Å². The third kappa shape index (κ3) is 2.28. The van der Waals surface area contributed by atoms with Crippen molar-refractivity contribution < 1.29 is 13.6 Å². The largest absolute Gasteiger partial charge is 0.342 e. The fourth-order valence-corrected chi connectivity index (χ4v) is 3.12. The zero-order chi connectivity index (χ0) is 14.4. The number of carbonyl (C=O) groups excluding carboxylic acids is 1. The second kappa shape index (κ2) is 4.65. The lowest BCUT2D eigenvalue weighted by atomic mass is 9.92. The number of alkyl halides is 2. The number of piperidine rings is 1. The van der Waals surface area contributed by atoms with E-state index in [-0.39, 0.29) is 18.7 Å². The monoisotopic (exact) mass is 300 g/mol. The van der Waals surface area contributed by atoms with Crippen molar-refractivity contribution in [3.8, 4) is 0 Å². The molecule has 0 aromatic carbocycles. The van der Waals surface area contributed by atoms with Gasteiger partial charge in [0.25, 0.3) is 5.92 Å². The Kier molecular flexibility index (Phi) is 3.20. The second-order valence-electron chi connectivity index (χ2n) is 5.69. The molecule has 1 aromatic rings. The van der Waals surface area contributed by atoms with Crippen molar-refractivity contribution in [1.82, 2.24) is 9.88 Å². The summed E-state index contributed by atoms with van der Waals surface area (Å²) in [6, 6.07) is 1.71. The molecule has 1 saturated carbocycles. The van der Waals surface area contributed by atoms with Crippen LogP contribution >= 0.6 is 11.6 Å². The average molecular weight is 301 g/mol. The van der Waals surface area contributed by atoms with Gasteiger partial charge in [0, 0.05) is 37.3 Å². The molecule has 3 nitrogen and oxygen atoms in total. The Morgan fingerprint density at radius 3 is 2.60 bits per heavy atom. The summed E-state index contributed by atoms with van der Waals surface area (Å²) in [5, 5.41) is 0.461. The number of pyridine rings is 1. The fourth-order valence-electron chi connectivity index (χ4n) is 2.93. The smallest absolute Gasteiger partial charge is 0.254 e. The summed E-state index contributed by atoms with van der Waals surface area (Å²) in [4.78, 5) is 17.7. The van der Waals surface area contributed by atoms with Crippen molar-refractivity contribution in [2.24, 2.45) is 5.41 Å². The molecular formula is C14H15ClF2N2O. The molecule has 6 heteroatoms. The Hall–Kier alpha value is -1.23. The van der Waals surface area contributed by atoms with Crippen LogP contribution in [0, 0.1) is 5.41 Å². The Labute approximate surface area is 120 Å². The van der Waals surface area contributed by atoms with Gasteiger partial charge >= 0.3 is 0 Å². The number of likely N-dealkylation sites (tertiary alicyclic amines) is 1. The summed E-state index contributed by atoms with van der Waals surface area (Å²) in [6.45, 7) is 0.828.